The van der Waals surface area contributed by atoms with E-state index in [1.54, 1.807) is 0 Å². The molecular weight excluding hydrogens is 287 g/mol. The molecule has 0 spiro atoms. The molecule has 0 radical (unpaired) electrons. The summed E-state index contributed by atoms with van der Waals surface area (Å²) in [5.41, 5.74) is 0. The minimum atomic E-state index is -2.72. The molecule has 0 aliphatic carbocycles. The number of halogens is 1. The molecule has 0 saturated carbocycles. The van der Waals surface area contributed by atoms with E-state index in [0.717, 1.165) is 31.9 Å². The molecule has 0 aliphatic rings. The van der Waals surface area contributed by atoms with Crippen LogP contribution in [-0.4, -0.2) is 9.13 Å². The van der Waals surface area contributed by atoms with Crippen LogP contribution in [-0.2, 0) is 0 Å². The van der Waals surface area contributed by atoms with Crippen LogP contribution in [0.4, 0.5) is 4.11 Å². The minimum absolute atomic E-state index is 0.870. The minimum Gasteiger partial charge on any atom is -0.306 e. The second-order valence-corrected chi connectivity index (χ2v) is 7.47. The molecule has 0 nitrogen and oxygen atoms in total. The Morgan fingerprint density at radius 2 is 0.909 bits per heavy atom. The van der Waals surface area contributed by atoms with Gasteiger partial charge in [-0.3, -0.25) is 0 Å². The van der Waals surface area contributed by atoms with E-state index in [2.05, 4.69) is 0 Å². The van der Waals surface area contributed by atoms with Crippen LogP contribution in [0.2, 0.25) is 0 Å². The molecule has 4 aromatic rings. The van der Waals surface area contributed by atoms with Crippen LogP contribution in [0.25, 0.3) is 21.5 Å². The second-order valence-electron chi connectivity index (χ2n) is 5.50. The van der Waals surface area contributed by atoms with Crippen molar-refractivity contribution in [1.82, 2.24) is 0 Å². The zero-order valence-corrected chi connectivity index (χ0v) is 13.2. The molecule has 2 heteroatoms. The average molecular weight is 302 g/mol. The quantitative estimate of drug-likeness (QED) is 0.390. The van der Waals surface area contributed by atoms with Crippen molar-refractivity contribution in [2.45, 2.75) is 0 Å². The molecular formula is C20H15FSi. The molecule has 0 aliphatic heterocycles. The van der Waals surface area contributed by atoms with Crippen molar-refractivity contribution < 1.29 is 4.11 Å². The van der Waals surface area contributed by atoms with E-state index in [9.17, 15) is 0 Å². The Balaban J connectivity index is 1.94. The van der Waals surface area contributed by atoms with Crippen molar-refractivity contribution >= 4 is 41.0 Å². The number of rotatable bonds is 2. The highest BCUT2D eigenvalue weighted by molar-refractivity contribution is 6.83. The first-order valence-corrected chi connectivity index (χ1v) is 9.03. The third kappa shape index (κ3) is 2.13. The Kier molecular flexibility index (Phi) is 3.24. The van der Waals surface area contributed by atoms with Crippen LogP contribution in [0.5, 0.6) is 0 Å². The van der Waals surface area contributed by atoms with Crippen molar-refractivity contribution in [3.05, 3.63) is 84.9 Å². The third-order valence-electron chi connectivity index (χ3n) is 4.19. The number of hydrogen-bond acceptors (Lipinski definition) is 0. The molecule has 0 N–H and O–H groups in total. The molecule has 106 valence electrons. The highest BCUT2D eigenvalue weighted by Gasteiger charge is 2.20. The van der Waals surface area contributed by atoms with Crippen molar-refractivity contribution in [2.24, 2.45) is 0 Å². The fraction of sp³-hybridized carbons (Fsp3) is 0. The number of hydrogen-bond donors (Lipinski definition) is 0. The second kappa shape index (κ2) is 5.39. The maximum Gasteiger partial charge on any atom is 0.294 e. The zero-order chi connectivity index (χ0) is 14.9. The summed E-state index contributed by atoms with van der Waals surface area (Å²) in [5, 5.41) is 6.03. The molecule has 0 fully saturated rings. The van der Waals surface area contributed by atoms with Gasteiger partial charge in [0.2, 0.25) is 0 Å². The molecule has 0 heterocycles. The molecule has 0 unspecified atom stereocenters. The van der Waals surface area contributed by atoms with E-state index in [1.807, 2.05) is 84.9 Å². The monoisotopic (exact) mass is 302 g/mol. The van der Waals surface area contributed by atoms with Gasteiger partial charge in [-0.05, 0) is 31.9 Å². The Morgan fingerprint density at radius 1 is 0.500 bits per heavy atom. The van der Waals surface area contributed by atoms with Gasteiger partial charge in [-0.15, -0.1) is 0 Å². The van der Waals surface area contributed by atoms with Crippen LogP contribution < -0.4 is 10.4 Å². The zero-order valence-electron chi connectivity index (χ0n) is 12.0. The normalized spacial score (nSPS) is 11.4. The summed E-state index contributed by atoms with van der Waals surface area (Å²) in [6.07, 6.45) is 0. The highest BCUT2D eigenvalue weighted by atomic mass is 28.3. The van der Waals surface area contributed by atoms with Gasteiger partial charge in [0, 0.05) is 0 Å². The SMILES string of the molecule is F[SiH](c1cccc2ccccc12)c1cccc2ccccc12. The van der Waals surface area contributed by atoms with Gasteiger partial charge in [0.05, 0.1) is 0 Å². The van der Waals surface area contributed by atoms with E-state index in [4.69, 9.17) is 0 Å². The fourth-order valence-electron chi connectivity index (χ4n) is 3.11. The molecule has 4 rings (SSSR count). The smallest absolute Gasteiger partial charge is 0.294 e. The van der Waals surface area contributed by atoms with Gasteiger partial charge >= 0.3 is 0 Å². The Morgan fingerprint density at radius 3 is 1.41 bits per heavy atom. The summed E-state index contributed by atoms with van der Waals surface area (Å²) in [6.45, 7) is 0. The first-order valence-electron chi connectivity index (χ1n) is 7.44. The van der Waals surface area contributed by atoms with Gasteiger partial charge < -0.3 is 4.11 Å². The lowest BCUT2D eigenvalue weighted by Gasteiger charge is -2.13. The molecule has 0 bridgehead atoms. The number of benzene rings is 4. The van der Waals surface area contributed by atoms with Gasteiger partial charge in [0.15, 0.2) is 0 Å². The van der Waals surface area contributed by atoms with Crippen molar-refractivity contribution in [2.75, 3.05) is 0 Å². The number of fused-ring (bicyclic) bond motifs is 2. The van der Waals surface area contributed by atoms with E-state index in [0.29, 0.717) is 0 Å². The topological polar surface area (TPSA) is 0 Å². The van der Waals surface area contributed by atoms with Crippen LogP contribution in [0.1, 0.15) is 0 Å². The molecule has 0 amide bonds. The molecule has 0 atom stereocenters. The maximum atomic E-state index is 15.5. The van der Waals surface area contributed by atoms with Crippen LogP contribution in [0, 0.1) is 0 Å². The van der Waals surface area contributed by atoms with Gasteiger partial charge in [-0.1, -0.05) is 84.9 Å². The fourth-order valence-corrected chi connectivity index (χ4v) is 5.08. The lowest BCUT2D eigenvalue weighted by molar-refractivity contribution is 0.866. The van der Waals surface area contributed by atoms with Gasteiger partial charge in [0.25, 0.3) is 9.13 Å². The molecule has 0 saturated heterocycles. The summed E-state index contributed by atoms with van der Waals surface area (Å²) < 4.78 is 15.5. The predicted octanol–water partition coefficient (Wildman–Crippen LogP) is 3.80. The Bertz CT molecular complexity index is 872. The lowest BCUT2D eigenvalue weighted by atomic mass is 10.1. The van der Waals surface area contributed by atoms with Gasteiger partial charge in [-0.25, -0.2) is 0 Å². The molecule has 22 heavy (non-hydrogen) atoms. The van der Waals surface area contributed by atoms with E-state index >= 15 is 4.11 Å². The van der Waals surface area contributed by atoms with Crippen LogP contribution in [0.3, 0.4) is 0 Å². The Hall–Kier alpha value is -2.45. The van der Waals surface area contributed by atoms with Crippen LogP contribution in [0.15, 0.2) is 84.9 Å². The summed E-state index contributed by atoms with van der Waals surface area (Å²) in [4.78, 5) is 0. The lowest BCUT2D eigenvalue weighted by Crippen LogP contribution is -2.39. The van der Waals surface area contributed by atoms with Crippen molar-refractivity contribution in [1.29, 1.82) is 0 Å². The average Bonchev–Trinajstić information content (AvgIpc) is 2.60. The first kappa shape index (κ1) is 13.2. The van der Waals surface area contributed by atoms with Crippen molar-refractivity contribution in [3.63, 3.8) is 0 Å². The summed E-state index contributed by atoms with van der Waals surface area (Å²) >= 11 is 0. The predicted molar refractivity (Wildman–Crippen MR) is 95.4 cm³/mol. The maximum absolute atomic E-state index is 15.5. The van der Waals surface area contributed by atoms with E-state index < -0.39 is 9.13 Å². The Labute approximate surface area is 130 Å². The largest absolute Gasteiger partial charge is 0.306 e. The highest BCUT2D eigenvalue weighted by Crippen LogP contribution is 2.15. The standard InChI is InChI=1S/C20H15FSi/c21-22(19-13-5-9-15-7-1-3-11-17(15)19)20-14-6-10-16-8-2-4-12-18(16)20/h1-14,22H. The summed E-state index contributed by atoms with van der Waals surface area (Å²) in [6, 6.07) is 28.0. The summed E-state index contributed by atoms with van der Waals surface area (Å²) in [5.74, 6) is 0. The van der Waals surface area contributed by atoms with Crippen LogP contribution >= 0.6 is 0 Å². The van der Waals surface area contributed by atoms with Gasteiger partial charge in [-0.2, -0.15) is 0 Å². The van der Waals surface area contributed by atoms with E-state index in [1.165, 1.54) is 0 Å². The third-order valence-corrected chi connectivity index (χ3v) is 6.29. The van der Waals surface area contributed by atoms with Gasteiger partial charge in [0.1, 0.15) is 0 Å². The van der Waals surface area contributed by atoms with E-state index in [-0.39, 0.29) is 0 Å². The summed E-state index contributed by atoms with van der Waals surface area (Å²) in [7, 11) is -2.72. The van der Waals surface area contributed by atoms with Crippen molar-refractivity contribution in [3.8, 4) is 0 Å². The molecule has 0 aromatic heterocycles. The molecule has 4 aromatic carbocycles. The first-order chi connectivity index (χ1) is 10.8.